The summed E-state index contributed by atoms with van der Waals surface area (Å²) in [6, 6.07) is 0. The third-order valence-corrected chi connectivity index (χ3v) is 8.98. The summed E-state index contributed by atoms with van der Waals surface area (Å²) >= 11 is 0. The summed E-state index contributed by atoms with van der Waals surface area (Å²) in [6.45, 7) is 2.12. The van der Waals surface area contributed by atoms with Crippen LogP contribution in [0.25, 0.3) is 0 Å². The van der Waals surface area contributed by atoms with Crippen LogP contribution in [-0.2, 0) is 4.74 Å². The molecule has 1 aliphatic carbocycles. The van der Waals surface area contributed by atoms with Gasteiger partial charge in [0, 0.05) is 5.41 Å². The summed E-state index contributed by atoms with van der Waals surface area (Å²) in [5, 5.41) is 0. The van der Waals surface area contributed by atoms with E-state index in [1.165, 1.54) is 193 Å². The molecule has 202 valence electrons. The molecule has 0 amide bonds. The van der Waals surface area contributed by atoms with Crippen molar-refractivity contribution in [3.8, 4) is 0 Å². The van der Waals surface area contributed by atoms with Crippen LogP contribution in [0, 0.1) is 5.41 Å². The highest BCUT2D eigenvalue weighted by Crippen LogP contribution is 2.38. The number of ether oxygens (including phenoxy) is 1. The van der Waals surface area contributed by atoms with Crippen molar-refractivity contribution in [1.82, 2.24) is 0 Å². The average molecular weight is 477 g/mol. The first-order valence-electron chi connectivity index (χ1n) is 16.5. The lowest BCUT2D eigenvalue weighted by Crippen LogP contribution is -2.42. The Kier molecular flexibility index (Phi) is 19.7. The summed E-state index contributed by atoms with van der Waals surface area (Å²) in [6.07, 6.45) is 44.4. The van der Waals surface area contributed by atoms with Crippen LogP contribution in [0.1, 0.15) is 193 Å². The number of hydrogen-bond acceptors (Lipinski definition) is 1. The Balaban J connectivity index is 1.53. The molecule has 1 saturated carbocycles. The van der Waals surface area contributed by atoms with Crippen molar-refractivity contribution in [2.45, 2.75) is 193 Å². The normalized spacial score (nSPS) is 26.1. The van der Waals surface area contributed by atoms with Crippen LogP contribution in [0.2, 0.25) is 0 Å². The fraction of sp³-hybridized carbons (Fsp3) is 1.00. The van der Waals surface area contributed by atoms with E-state index in [-0.39, 0.29) is 0 Å². The van der Waals surface area contributed by atoms with Crippen molar-refractivity contribution < 1.29 is 4.74 Å². The van der Waals surface area contributed by atoms with E-state index in [9.17, 15) is 0 Å². The van der Waals surface area contributed by atoms with Crippen LogP contribution in [-0.4, -0.2) is 13.2 Å². The van der Waals surface area contributed by atoms with E-state index < -0.39 is 0 Å². The highest BCUT2D eigenvalue weighted by molar-refractivity contribution is 4.85. The van der Waals surface area contributed by atoms with E-state index >= 15 is 0 Å². The first-order chi connectivity index (χ1) is 16.9. The molecule has 0 atom stereocenters. The van der Waals surface area contributed by atoms with Gasteiger partial charge in [0.05, 0.1) is 13.2 Å². The summed E-state index contributed by atoms with van der Waals surface area (Å²) < 4.78 is 5.67. The molecule has 0 N–H and O–H groups in total. The summed E-state index contributed by atoms with van der Waals surface area (Å²) in [5.74, 6) is 0. The molecule has 2 rings (SSSR count). The smallest absolute Gasteiger partial charge is 0.0544 e. The van der Waals surface area contributed by atoms with Gasteiger partial charge >= 0.3 is 0 Å². The zero-order valence-electron chi connectivity index (χ0n) is 23.5. The van der Waals surface area contributed by atoms with Gasteiger partial charge in [0.25, 0.3) is 0 Å². The fourth-order valence-corrected chi connectivity index (χ4v) is 6.40. The van der Waals surface area contributed by atoms with Gasteiger partial charge in [0.1, 0.15) is 0 Å². The average Bonchev–Trinajstić information content (AvgIpc) is 2.82. The molecule has 0 unspecified atom stereocenters. The summed E-state index contributed by atoms with van der Waals surface area (Å²) in [4.78, 5) is 0. The zero-order valence-corrected chi connectivity index (χ0v) is 23.5. The largest absolute Gasteiger partial charge is 0.380 e. The minimum absolute atomic E-state index is 0.583. The number of rotatable bonds is 0. The zero-order chi connectivity index (χ0) is 23.8. The van der Waals surface area contributed by atoms with Gasteiger partial charge in [0.2, 0.25) is 0 Å². The molecule has 34 heavy (non-hydrogen) atoms. The van der Waals surface area contributed by atoms with E-state index in [2.05, 4.69) is 0 Å². The van der Waals surface area contributed by atoms with E-state index in [1.54, 1.807) is 0 Å². The molecule has 1 saturated heterocycles. The van der Waals surface area contributed by atoms with Crippen molar-refractivity contribution in [2.75, 3.05) is 13.2 Å². The van der Waals surface area contributed by atoms with Crippen LogP contribution < -0.4 is 0 Å². The Morgan fingerprint density at radius 1 is 0.235 bits per heavy atom. The summed E-state index contributed by atoms with van der Waals surface area (Å²) in [5.41, 5.74) is 0.583. The highest BCUT2D eigenvalue weighted by Gasteiger charge is 2.36. The van der Waals surface area contributed by atoms with Crippen molar-refractivity contribution in [2.24, 2.45) is 5.41 Å². The molecule has 1 heterocycles. The Labute approximate surface area is 216 Å². The van der Waals surface area contributed by atoms with Gasteiger partial charge in [-0.25, -0.2) is 0 Å². The Morgan fingerprint density at radius 3 is 0.559 bits per heavy atom. The quantitative estimate of drug-likeness (QED) is 0.337. The predicted octanol–water partition coefficient (Wildman–Crippen LogP) is 11.7. The van der Waals surface area contributed by atoms with Crippen LogP contribution in [0.15, 0.2) is 0 Å². The van der Waals surface area contributed by atoms with E-state index in [1.807, 2.05) is 0 Å². The topological polar surface area (TPSA) is 9.23 Å². The second-order valence-corrected chi connectivity index (χ2v) is 12.4. The highest BCUT2D eigenvalue weighted by atomic mass is 16.5. The molecule has 1 aliphatic heterocycles. The van der Waals surface area contributed by atoms with Gasteiger partial charge in [-0.15, -0.1) is 0 Å². The van der Waals surface area contributed by atoms with E-state index in [0.29, 0.717) is 5.41 Å². The monoisotopic (exact) mass is 476 g/mol. The molecule has 1 nitrogen and oxygen atoms in total. The molecule has 0 aromatic carbocycles. The van der Waals surface area contributed by atoms with Crippen LogP contribution in [0.5, 0.6) is 0 Å². The number of hydrogen-bond donors (Lipinski definition) is 0. The fourth-order valence-electron chi connectivity index (χ4n) is 6.40. The maximum absolute atomic E-state index is 5.67. The second-order valence-electron chi connectivity index (χ2n) is 12.4. The predicted molar refractivity (Wildman–Crippen MR) is 152 cm³/mol. The van der Waals surface area contributed by atoms with Gasteiger partial charge < -0.3 is 4.74 Å². The lowest BCUT2D eigenvalue weighted by atomic mass is 9.76. The molecule has 0 radical (unpaired) electrons. The molecule has 0 aromatic heterocycles. The maximum Gasteiger partial charge on any atom is 0.0544 e. The maximum atomic E-state index is 5.67. The lowest BCUT2D eigenvalue weighted by Gasteiger charge is -2.42. The van der Waals surface area contributed by atoms with Gasteiger partial charge in [-0.2, -0.15) is 0 Å². The first-order valence-corrected chi connectivity index (χ1v) is 16.5. The Morgan fingerprint density at radius 2 is 0.412 bits per heavy atom. The second kappa shape index (κ2) is 22.2. The molecule has 2 fully saturated rings. The molecule has 0 aromatic rings. The molecule has 1 spiro atoms. The minimum Gasteiger partial charge on any atom is -0.380 e. The SMILES string of the molecule is C1CCCCCCCCCCCCCCCC2(CCCCCCCCCCCCCC1)COC2. The minimum atomic E-state index is 0.583. The van der Waals surface area contributed by atoms with Crippen molar-refractivity contribution in [3.63, 3.8) is 0 Å². The lowest BCUT2D eigenvalue weighted by molar-refractivity contribution is -0.123. The first kappa shape index (κ1) is 30.2. The third-order valence-electron chi connectivity index (χ3n) is 8.98. The van der Waals surface area contributed by atoms with Gasteiger partial charge in [-0.1, -0.05) is 180 Å². The summed E-state index contributed by atoms with van der Waals surface area (Å²) in [7, 11) is 0. The van der Waals surface area contributed by atoms with Crippen LogP contribution >= 0.6 is 0 Å². The molecular weight excluding hydrogens is 412 g/mol. The van der Waals surface area contributed by atoms with Crippen molar-refractivity contribution in [1.29, 1.82) is 0 Å². The molecule has 0 bridgehead atoms. The molecular formula is C33H64O. The van der Waals surface area contributed by atoms with Gasteiger partial charge in [-0.05, 0) is 12.8 Å². The van der Waals surface area contributed by atoms with Gasteiger partial charge in [0.15, 0.2) is 0 Å². The van der Waals surface area contributed by atoms with Gasteiger partial charge in [-0.3, -0.25) is 0 Å². The standard InChI is InChI=1S/C33H64O/c1-2-4-6-8-10-12-14-16-18-20-22-24-26-28-30-33(31-34-32-33)29-27-25-23-21-19-17-15-13-11-9-7-5-3-1/h1-32H2. The van der Waals surface area contributed by atoms with Crippen molar-refractivity contribution in [3.05, 3.63) is 0 Å². The Hall–Kier alpha value is -0.0400. The van der Waals surface area contributed by atoms with Crippen LogP contribution in [0.3, 0.4) is 0 Å². The Bertz CT molecular complexity index is 379. The third kappa shape index (κ3) is 16.6. The van der Waals surface area contributed by atoms with E-state index in [4.69, 9.17) is 4.74 Å². The van der Waals surface area contributed by atoms with Crippen LogP contribution in [0.4, 0.5) is 0 Å². The molecule has 1 heteroatoms. The van der Waals surface area contributed by atoms with E-state index in [0.717, 1.165) is 13.2 Å². The van der Waals surface area contributed by atoms with Crippen molar-refractivity contribution >= 4 is 0 Å². The molecule has 2 aliphatic rings.